The van der Waals surface area contributed by atoms with Crippen LogP contribution in [0.15, 0.2) is 53.5 Å². The molecule has 2 aromatic carbocycles. The Morgan fingerprint density at radius 2 is 1.81 bits per heavy atom. The lowest BCUT2D eigenvalue weighted by Gasteiger charge is -2.33. The molecule has 0 bridgehead atoms. The number of hydrogen-bond acceptors (Lipinski definition) is 4. The summed E-state index contributed by atoms with van der Waals surface area (Å²) in [6.45, 7) is 6.68. The maximum atomic E-state index is 5.74. The molecule has 0 radical (unpaired) electrons. The average Bonchev–Trinajstić information content (AvgIpc) is 2.82. The second kappa shape index (κ2) is 14.2. The molecule has 32 heavy (non-hydrogen) atoms. The highest BCUT2D eigenvalue weighted by Crippen LogP contribution is 2.28. The molecule has 2 N–H and O–H groups in total. The number of nitrogens with zero attached hydrogens (tertiary/aromatic N) is 2. The van der Waals surface area contributed by atoms with E-state index < -0.39 is 0 Å². The van der Waals surface area contributed by atoms with Crippen LogP contribution in [0.25, 0.3) is 0 Å². The van der Waals surface area contributed by atoms with Crippen LogP contribution >= 0.6 is 24.0 Å². The van der Waals surface area contributed by atoms with Gasteiger partial charge in [-0.05, 0) is 42.5 Å². The van der Waals surface area contributed by atoms with Crippen LogP contribution in [0.5, 0.6) is 11.5 Å². The van der Waals surface area contributed by atoms with Gasteiger partial charge in [-0.3, -0.25) is 9.89 Å². The summed E-state index contributed by atoms with van der Waals surface area (Å²) in [6.07, 6.45) is 3.20. The van der Waals surface area contributed by atoms with E-state index in [1.54, 1.807) is 7.11 Å². The van der Waals surface area contributed by atoms with Crippen molar-refractivity contribution in [3.8, 4) is 11.5 Å². The summed E-state index contributed by atoms with van der Waals surface area (Å²) < 4.78 is 11.2. The van der Waals surface area contributed by atoms with Crippen molar-refractivity contribution < 1.29 is 9.47 Å². The average molecular weight is 553 g/mol. The van der Waals surface area contributed by atoms with Gasteiger partial charge >= 0.3 is 0 Å². The quantitative estimate of drug-likeness (QED) is 0.274. The molecular weight excluding hydrogens is 515 g/mol. The first-order valence-electron chi connectivity index (χ1n) is 11.2. The number of likely N-dealkylation sites (tertiary alicyclic amines) is 1. The van der Waals surface area contributed by atoms with Gasteiger partial charge in [-0.1, -0.05) is 43.3 Å². The standard InChI is InChI=1S/C25H36N4O2.HI/c1-4-16-31-23-11-10-21(17-24(23)30-3)18-27-25(26-2)28-22-12-14-29(15-13-22)19-20-8-6-5-7-9-20;/h5-11,17,22H,4,12-16,18-19H2,1-3H3,(H2,26,27,28);1H. The Morgan fingerprint density at radius 1 is 1.06 bits per heavy atom. The largest absolute Gasteiger partial charge is 0.493 e. The highest BCUT2D eigenvalue weighted by Gasteiger charge is 2.20. The van der Waals surface area contributed by atoms with Crippen molar-refractivity contribution in [1.82, 2.24) is 15.5 Å². The van der Waals surface area contributed by atoms with E-state index in [0.717, 1.165) is 61.9 Å². The Kier molecular flexibility index (Phi) is 11.7. The highest BCUT2D eigenvalue weighted by molar-refractivity contribution is 14.0. The van der Waals surface area contributed by atoms with Crippen LogP contribution in [-0.2, 0) is 13.1 Å². The lowest BCUT2D eigenvalue weighted by Crippen LogP contribution is -2.48. The van der Waals surface area contributed by atoms with E-state index in [0.29, 0.717) is 19.2 Å². The van der Waals surface area contributed by atoms with Crippen molar-refractivity contribution in [2.75, 3.05) is 33.9 Å². The summed E-state index contributed by atoms with van der Waals surface area (Å²) in [5, 5.41) is 7.01. The Bertz CT molecular complexity index is 824. The molecule has 2 aromatic rings. The van der Waals surface area contributed by atoms with Gasteiger partial charge in [-0.15, -0.1) is 24.0 Å². The van der Waals surface area contributed by atoms with E-state index >= 15 is 0 Å². The maximum Gasteiger partial charge on any atom is 0.191 e. The molecule has 0 unspecified atom stereocenters. The minimum atomic E-state index is 0. The Hall–Kier alpha value is -2.00. The zero-order valence-electron chi connectivity index (χ0n) is 19.5. The zero-order chi connectivity index (χ0) is 21.9. The smallest absolute Gasteiger partial charge is 0.191 e. The van der Waals surface area contributed by atoms with Gasteiger partial charge in [0.05, 0.1) is 13.7 Å². The molecule has 1 aliphatic heterocycles. The van der Waals surface area contributed by atoms with E-state index in [9.17, 15) is 0 Å². The van der Waals surface area contributed by atoms with Gasteiger partial charge in [0.25, 0.3) is 0 Å². The predicted octanol–water partition coefficient (Wildman–Crippen LogP) is 4.43. The van der Waals surface area contributed by atoms with Crippen molar-refractivity contribution in [3.63, 3.8) is 0 Å². The second-order valence-corrected chi connectivity index (χ2v) is 7.94. The van der Waals surface area contributed by atoms with Crippen LogP contribution in [0.2, 0.25) is 0 Å². The third kappa shape index (κ3) is 8.16. The lowest BCUT2D eigenvalue weighted by molar-refractivity contribution is 0.198. The number of benzene rings is 2. The molecule has 0 aliphatic carbocycles. The number of guanidine groups is 1. The summed E-state index contributed by atoms with van der Waals surface area (Å²) in [4.78, 5) is 6.94. The number of halogens is 1. The summed E-state index contributed by atoms with van der Waals surface area (Å²) in [7, 11) is 3.50. The van der Waals surface area contributed by atoms with Gasteiger partial charge < -0.3 is 20.1 Å². The van der Waals surface area contributed by atoms with Crippen LogP contribution in [0.3, 0.4) is 0 Å². The van der Waals surface area contributed by atoms with Crippen LogP contribution in [0, 0.1) is 0 Å². The number of ether oxygens (including phenoxy) is 2. The molecule has 0 spiro atoms. The molecule has 0 amide bonds. The number of aliphatic imine (C=N–C) groups is 1. The molecule has 1 fully saturated rings. The number of nitrogens with one attached hydrogen (secondary N) is 2. The summed E-state index contributed by atoms with van der Waals surface area (Å²) in [5.74, 6) is 2.39. The van der Waals surface area contributed by atoms with Gasteiger partial charge in [0.2, 0.25) is 0 Å². The molecular formula is C25H37IN4O2. The Morgan fingerprint density at radius 3 is 2.47 bits per heavy atom. The molecule has 0 saturated carbocycles. The Labute approximate surface area is 209 Å². The molecule has 176 valence electrons. The maximum absolute atomic E-state index is 5.74. The summed E-state index contributed by atoms with van der Waals surface area (Å²) >= 11 is 0. The number of hydrogen-bond donors (Lipinski definition) is 2. The van der Waals surface area contributed by atoms with Gasteiger partial charge in [0.15, 0.2) is 17.5 Å². The Balaban J connectivity index is 0.00000363. The van der Waals surface area contributed by atoms with Crippen molar-refractivity contribution >= 4 is 29.9 Å². The van der Waals surface area contributed by atoms with Crippen LogP contribution < -0.4 is 20.1 Å². The van der Waals surface area contributed by atoms with Crippen molar-refractivity contribution in [2.24, 2.45) is 4.99 Å². The van der Waals surface area contributed by atoms with Crippen LogP contribution in [0.1, 0.15) is 37.3 Å². The third-order valence-corrected chi connectivity index (χ3v) is 5.55. The number of rotatable bonds is 9. The molecule has 7 heteroatoms. The minimum absolute atomic E-state index is 0. The zero-order valence-corrected chi connectivity index (χ0v) is 21.8. The van der Waals surface area contributed by atoms with E-state index in [2.05, 4.69) is 63.8 Å². The van der Waals surface area contributed by atoms with Crippen molar-refractivity contribution in [1.29, 1.82) is 0 Å². The molecule has 6 nitrogen and oxygen atoms in total. The molecule has 3 rings (SSSR count). The fraction of sp³-hybridized carbons (Fsp3) is 0.480. The third-order valence-electron chi connectivity index (χ3n) is 5.55. The SMILES string of the molecule is CCCOc1ccc(CNC(=NC)NC2CCN(Cc3ccccc3)CC2)cc1OC.I. The summed E-state index contributed by atoms with van der Waals surface area (Å²) in [6, 6.07) is 17.2. The van der Waals surface area contributed by atoms with Crippen molar-refractivity contribution in [3.05, 3.63) is 59.7 Å². The van der Waals surface area contributed by atoms with E-state index in [1.165, 1.54) is 5.56 Å². The van der Waals surface area contributed by atoms with E-state index in [1.807, 2.05) is 19.2 Å². The fourth-order valence-electron chi connectivity index (χ4n) is 3.80. The second-order valence-electron chi connectivity index (χ2n) is 7.94. The normalized spacial score (nSPS) is 15.0. The van der Waals surface area contributed by atoms with Crippen molar-refractivity contribution in [2.45, 2.75) is 45.3 Å². The lowest BCUT2D eigenvalue weighted by atomic mass is 10.0. The highest BCUT2D eigenvalue weighted by atomic mass is 127. The van der Waals surface area contributed by atoms with Crippen LogP contribution in [0.4, 0.5) is 0 Å². The predicted molar refractivity (Wildman–Crippen MR) is 142 cm³/mol. The minimum Gasteiger partial charge on any atom is -0.493 e. The summed E-state index contributed by atoms with van der Waals surface area (Å²) in [5.41, 5.74) is 2.51. The van der Waals surface area contributed by atoms with Gasteiger partial charge in [-0.25, -0.2) is 0 Å². The van der Waals surface area contributed by atoms with E-state index in [4.69, 9.17) is 9.47 Å². The monoisotopic (exact) mass is 552 g/mol. The molecule has 0 atom stereocenters. The number of piperidine rings is 1. The topological polar surface area (TPSA) is 58.1 Å². The first kappa shape index (κ1) is 26.3. The first-order valence-corrected chi connectivity index (χ1v) is 11.2. The van der Waals surface area contributed by atoms with Gasteiger partial charge in [0.1, 0.15) is 0 Å². The molecule has 1 aliphatic rings. The van der Waals surface area contributed by atoms with Crippen LogP contribution in [-0.4, -0.2) is 50.8 Å². The molecule has 1 saturated heterocycles. The van der Waals surface area contributed by atoms with Gasteiger partial charge in [-0.2, -0.15) is 0 Å². The fourth-order valence-corrected chi connectivity index (χ4v) is 3.80. The number of methoxy groups -OCH3 is 1. The molecule has 0 aromatic heterocycles. The first-order chi connectivity index (χ1) is 15.2. The van der Waals surface area contributed by atoms with Gasteiger partial charge in [0, 0.05) is 39.3 Å². The van der Waals surface area contributed by atoms with E-state index in [-0.39, 0.29) is 24.0 Å². The molecule has 1 heterocycles.